The van der Waals surface area contributed by atoms with Crippen LogP contribution in [0.5, 0.6) is 0 Å². The van der Waals surface area contributed by atoms with E-state index in [1.165, 1.54) is 6.07 Å². The van der Waals surface area contributed by atoms with Gasteiger partial charge in [-0.25, -0.2) is 8.78 Å². The predicted octanol–water partition coefficient (Wildman–Crippen LogP) is -0.849. The van der Waals surface area contributed by atoms with Crippen LogP contribution in [0.2, 0.25) is 0 Å². The topological polar surface area (TPSA) is 0 Å². The van der Waals surface area contributed by atoms with E-state index in [-0.39, 0.29) is 51.4 Å². The Balaban J connectivity index is 0.000000810. The van der Waals surface area contributed by atoms with Crippen molar-refractivity contribution in [3.8, 4) is 0 Å². The molecule has 0 aliphatic heterocycles. The van der Waals surface area contributed by atoms with Gasteiger partial charge in [0.05, 0.1) is 0 Å². The summed E-state index contributed by atoms with van der Waals surface area (Å²) in [6.07, 6.45) is 0. The molecule has 1 rings (SSSR count). The summed E-state index contributed by atoms with van der Waals surface area (Å²) >= 11 is 0. The summed E-state index contributed by atoms with van der Waals surface area (Å²) in [6.45, 7) is 3.42. The van der Waals surface area contributed by atoms with Gasteiger partial charge in [-0.1, -0.05) is 6.07 Å². The fourth-order valence-electron chi connectivity index (χ4n) is 0.540. The fraction of sp³-hybridized carbons (Fsp3) is 0. The van der Waals surface area contributed by atoms with Crippen molar-refractivity contribution < 1.29 is 60.2 Å². The molecule has 1 aromatic rings. The van der Waals surface area contributed by atoms with E-state index in [1.807, 2.05) is 0 Å². The van der Waals surface area contributed by atoms with E-state index in [4.69, 9.17) is 0 Å². The average molecular weight is 166 g/mol. The molecule has 0 unspecified atom stereocenters. The van der Waals surface area contributed by atoms with Gasteiger partial charge in [0.25, 0.3) is 0 Å². The molecule has 0 amide bonds. The van der Waals surface area contributed by atoms with Crippen molar-refractivity contribution in [3.63, 3.8) is 0 Å². The minimum Gasteiger partial charge on any atom is -0.218 e. The Morgan fingerprint density at radius 1 is 1.10 bits per heavy atom. The monoisotopic (exact) mass is 166 g/mol. The van der Waals surface area contributed by atoms with Crippen LogP contribution in [0.1, 0.15) is 5.56 Å². The van der Waals surface area contributed by atoms with Gasteiger partial charge in [-0.2, -0.15) is 18.6 Å². The summed E-state index contributed by atoms with van der Waals surface area (Å²) in [6, 6.07) is 3.52. The van der Waals surface area contributed by atoms with Crippen molar-refractivity contribution >= 4 is 0 Å². The maximum atomic E-state index is 12.2. The molecular formula is C7H5F2K. The van der Waals surface area contributed by atoms with Crippen molar-refractivity contribution in [3.05, 3.63) is 42.3 Å². The van der Waals surface area contributed by atoms with E-state index < -0.39 is 11.6 Å². The van der Waals surface area contributed by atoms with Crippen LogP contribution in [-0.2, 0) is 0 Å². The molecule has 0 bridgehead atoms. The third-order valence-electron chi connectivity index (χ3n) is 0.984. The molecule has 0 saturated carbocycles. The minimum atomic E-state index is -0.845. The molecule has 0 aromatic heterocycles. The van der Waals surface area contributed by atoms with Crippen LogP contribution >= 0.6 is 0 Å². The summed E-state index contributed by atoms with van der Waals surface area (Å²) in [5.74, 6) is -1.68. The summed E-state index contributed by atoms with van der Waals surface area (Å²) in [7, 11) is 0. The van der Waals surface area contributed by atoms with Crippen molar-refractivity contribution in [1.82, 2.24) is 0 Å². The van der Waals surface area contributed by atoms with Gasteiger partial charge in [0.1, 0.15) is 11.6 Å². The van der Waals surface area contributed by atoms with E-state index in [1.54, 1.807) is 0 Å². The zero-order valence-electron chi connectivity index (χ0n) is 5.70. The van der Waals surface area contributed by atoms with Crippen molar-refractivity contribution in [1.29, 1.82) is 0 Å². The first-order chi connectivity index (χ1) is 4.20. The molecule has 0 N–H and O–H groups in total. The van der Waals surface area contributed by atoms with E-state index >= 15 is 0 Å². The standard InChI is InChI=1S/C7H5F2.K/c1-5-2-3-6(8)7(9)4-5;/h2-4H,1H2;/q-1;+1. The molecule has 0 atom stereocenters. The van der Waals surface area contributed by atoms with Crippen LogP contribution in [0.4, 0.5) is 8.78 Å². The average Bonchev–Trinajstić information content (AvgIpc) is 1.80. The predicted molar refractivity (Wildman–Crippen MR) is 30.8 cm³/mol. The molecule has 0 aliphatic carbocycles. The Hall–Kier alpha value is 0.586. The van der Waals surface area contributed by atoms with Crippen LogP contribution in [0, 0.1) is 18.6 Å². The summed E-state index contributed by atoms with van der Waals surface area (Å²) < 4.78 is 24.3. The second-order valence-electron chi connectivity index (χ2n) is 1.75. The Bertz CT molecular complexity index is 223. The van der Waals surface area contributed by atoms with Gasteiger partial charge in [-0.15, -0.1) is 6.07 Å². The zero-order valence-corrected chi connectivity index (χ0v) is 8.82. The van der Waals surface area contributed by atoms with Gasteiger partial charge in [0.15, 0.2) is 0 Å². The molecular weight excluding hydrogens is 161 g/mol. The van der Waals surface area contributed by atoms with Crippen LogP contribution in [0.25, 0.3) is 0 Å². The Kier molecular flexibility index (Phi) is 4.72. The van der Waals surface area contributed by atoms with E-state index in [9.17, 15) is 8.78 Å². The first kappa shape index (κ1) is 10.6. The minimum absolute atomic E-state index is 0. The van der Waals surface area contributed by atoms with Crippen molar-refractivity contribution in [2.24, 2.45) is 0 Å². The molecule has 0 nitrogen and oxygen atoms in total. The van der Waals surface area contributed by atoms with Crippen molar-refractivity contribution in [2.45, 2.75) is 0 Å². The van der Waals surface area contributed by atoms with Crippen LogP contribution in [-0.4, -0.2) is 0 Å². The first-order valence-corrected chi connectivity index (χ1v) is 2.47. The van der Waals surface area contributed by atoms with Gasteiger partial charge in [-0.05, 0) is 0 Å². The third kappa shape index (κ3) is 2.68. The first-order valence-electron chi connectivity index (χ1n) is 2.47. The van der Waals surface area contributed by atoms with Gasteiger partial charge in [0.2, 0.25) is 0 Å². The van der Waals surface area contributed by atoms with Gasteiger partial charge in [0, 0.05) is 0 Å². The number of halogens is 2. The van der Waals surface area contributed by atoms with Crippen LogP contribution in [0.3, 0.4) is 0 Å². The summed E-state index contributed by atoms with van der Waals surface area (Å²) in [4.78, 5) is 0. The van der Waals surface area contributed by atoms with Crippen LogP contribution < -0.4 is 51.4 Å². The molecule has 10 heavy (non-hydrogen) atoms. The molecule has 1 aromatic carbocycles. The van der Waals surface area contributed by atoms with Crippen molar-refractivity contribution in [2.75, 3.05) is 0 Å². The molecule has 0 fully saturated rings. The van der Waals surface area contributed by atoms with Gasteiger partial charge < -0.3 is 0 Å². The SMILES string of the molecule is [CH2-]c1ccc(F)c(F)c1.[K+]. The van der Waals surface area contributed by atoms with E-state index in [2.05, 4.69) is 6.92 Å². The third-order valence-corrected chi connectivity index (χ3v) is 0.984. The number of hydrogen-bond acceptors (Lipinski definition) is 0. The zero-order chi connectivity index (χ0) is 6.85. The van der Waals surface area contributed by atoms with Gasteiger partial charge >= 0.3 is 51.4 Å². The molecule has 48 valence electrons. The van der Waals surface area contributed by atoms with Crippen LogP contribution in [0.15, 0.2) is 18.2 Å². The molecule has 0 saturated heterocycles. The number of hydrogen-bond donors (Lipinski definition) is 0. The second kappa shape index (κ2) is 4.46. The maximum Gasteiger partial charge on any atom is 1.00 e. The fourth-order valence-corrected chi connectivity index (χ4v) is 0.540. The summed E-state index contributed by atoms with van der Waals surface area (Å²) in [5.41, 5.74) is 0.480. The molecule has 0 radical (unpaired) electrons. The normalized spacial score (nSPS) is 8.60. The van der Waals surface area contributed by atoms with E-state index in [0.717, 1.165) is 12.1 Å². The largest absolute Gasteiger partial charge is 1.00 e. The Labute approximate surface area is 101 Å². The number of benzene rings is 1. The molecule has 0 heterocycles. The maximum absolute atomic E-state index is 12.2. The molecule has 0 spiro atoms. The molecule has 3 heteroatoms. The van der Waals surface area contributed by atoms with E-state index in [0.29, 0.717) is 5.56 Å². The van der Waals surface area contributed by atoms with Gasteiger partial charge in [-0.3, -0.25) is 0 Å². The quantitative estimate of drug-likeness (QED) is 0.348. The summed E-state index contributed by atoms with van der Waals surface area (Å²) in [5, 5.41) is 0. The number of rotatable bonds is 0. The molecule has 0 aliphatic rings. The Morgan fingerprint density at radius 3 is 2.10 bits per heavy atom. The second-order valence-corrected chi connectivity index (χ2v) is 1.75. The Morgan fingerprint density at radius 2 is 1.70 bits per heavy atom. The smallest absolute Gasteiger partial charge is 0.218 e.